The Balaban J connectivity index is 1.59. The Hall–Kier alpha value is -1.39. The first kappa shape index (κ1) is 17.4. The first-order chi connectivity index (χ1) is 11.5. The Morgan fingerprint density at radius 2 is 1.54 bits per heavy atom. The van der Waals surface area contributed by atoms with Gasteiger partial charge >= 0.3 is 0 Å². The van der Waals surface area contributed by atoms with Crippen LogP contribution in [0.4, 0.5) is 0 Å². The lowest BCUT2D eigenvalue weighted by Crippen LogP contribution is -2.36. The van der Waals surface area contributed by atoms with Gasteiger partial charge in [-0.25, -0.2) is 0 Å². The van der Waals surface area contributed by atoms with E-state index in [2.05, 4.69) is 19.0 Å². The van der Waals surface area contributed by atoms with Crippen LogP contribution in [0.1, 0.15) is 41.6 Å². The molecule has 0 saturated heterocycles. The quantitative estimate of drug-likeness (QED) is 0.902. The molecule has 0 bridgehead atoms. The molecule has 2 N–H and O–H groups in total. The van der Waals surface area contributed by atoms with E-state index >= 15 is 0 Å². The number of rotatable bonds is 5. The van der Waals surface area contributed by atoms with Gasteiger partial charge in [-0.05, 0) is 82.3 Å². The summed E-state index contributed by atoms with van der Waals surface area (Å²) in [5, 5.41) is 0. The van der Waals surface area contributed by atoms with E-state index in [0.29, 0.717) is 12.6 Å². The molecule has 24 heavy (non-hydrogen) atoms. The highest BCUT2D eigenvalue weighted by molar-refractivity contribution is 5.94. The van der Waals surface area contributed by atoms with Gasteiger partial charge in [-0.3, -0.25) is 4.79 Å². The van der Waals surface area contributed by atoms with Crippen molar-refractivity contribution in [1.82, 2.24) is 9.80 Å². The highest BCUT2D eigenvalue weighted by Gasteiger charge is 2.44. The molecule has 1 aromatic rings. The van der Waals surface area contributed by atoms with E-state index < -0.39 is 0 Å². The summed E-state index contributed by atoms with van der Waals surface area (Å²) >= 11 is 0. The van der Waals surface area contributed by atoms with E-state index in [0.717, 1.165) is 29.9 Å². The number of hydrogen-bond donors (Lipinski definition) is 1. The molecule has 2 aliphatic rings. The maximum atomic E-state index is 12.8. The molecule has 132 valence electrons. The summed E-state index contributed by atoms with van der Waals surface area (Å²) in [4.78, 5) is 17.1. The molecule has 0 spiro atoms. The highest BCUT2D eigenvalue weighted by Crippen LogP contribution is 2.46. The number of benzene rings is 1. The van der Waals surface area contributed by atoms with E-state index in [-0.39, 0.29) is 5.91 Å². The van der Waals surface area contributed by atoms with Crippen LogP contribution in [0, 0.1) is 11.8 Å². The number of carbonyl (C=O) groups excluding carboxylic acids is 1. The van der Waals surface area contributed by atoms with E-state index in [1.54, 1.807) is 0 Å². The molecule has 1 aromatic carbocycles. The zero-order chi connectivity index (χ0) is 17.3. The molecule has 2 unspecified atom stereocenters. The molecule has 0 aromatic heterocycles. The van der Waals surface area contributed by atoms with Crippen molar-refractivity contribution < 1.29 is 4.79 Å². The Morgan fingerprint density at radius 1 is 1.00 bits per heavy atom. The monoisotopic (exact) mass is 329 g/mol. The molecule has 2 saturated carbocycles. The third-order valence-corrected chi connectivity index (χ3v) is 6.20. The smallest absolute Gasteiger partial charge is 0.253 e. The topological polar surface area (TPSA) is 49.6 Å². The van der Waals surface area contributed by atoms with Crippen molar-refractivity contribution in [3.63, 3.8) is 0 Å². The number of hydrogen-bond acceptors (Lipinski definition) is 3. The van der Waals surface area contributed by atoms with E-state index in [1.165, 1.54) is 31.2 Å². The van der Waals surface area contributed by atoms with Gasteiger partial charge in [-0.2, -0.15) is 0 Å². The number of nitrogens with zero attached hydrogens (tertiary/aromatic N) is 2. The second kappa shape index (κ2) is 7.24. The number of fused-ring (bicyclic) bond motifs is 1. The van der Waals surface area contributed by atoms with Crippen LogP contribution in [0.15, 0.2) is 24.3 Å². The third kappa shape index (κ3) is 3.50. The van der Waals surface area contributed by atoms with E-state index in [1.807, 2.05) is 36.2 Å². The molecule has 1 amide bonds. The average molecular weight is 329 g/mol. The molecule has 4 heteroatoms. The number of nitrogens with two attached hydrogens (primary N) is 1. The Labute approximate surface area is 146 Å². The van der Waals surface area contributed by atoms with Gasteiger partial charge in [0.15, 0.2) is 0 Å². The summed E-state index contributed by atoms with van der Waals surface area (Å²) in [5.74, 6) is 1.75. The maximum absolute atomic E-state index is 12.8. The van der Waals surface area contributed by atoms with Gasteiger partial charge in [-0.15, -0.1) is 0 Å². The van der Waals surface area contributed by atoms with Crippen LogP contribution in [0.2, 0.25) is 0 Å². The second-order valence-corrected chi connectivity index (χ2v) is 7.89. The van der Waals surface area contributed by atoms with Crippen LogP contribution < -0.4 is 5.73 Å². The molecule has 0 aliphatic heterocycles. The molecular formula is C20H31N3O. The zero-order valence-corrected chi connectivity index (χ0v) is 15.2. The fraction of sp³-hybridized carbons (Fsp3) is 0.650. The van der Waals surface area contributed by atoms with Crippen LogP contribution in [0.3, 0.4) is 0 Å². The largest absolute Gasteiger partial charge is 0.339 e. The average Bonchev–Trinajstić information content (AvgIpc) is 3.13. The fourth-order valence-corrected chi connectivity index (χ4v) is 4.64. The second-order valence-electron chi connectivity index (χ2n) is 7.89. The van der Waals surface area contributed by atoms with Crippen molar-refractivity contribution >= 4 is 5.91 Å². The number of carbonyl (C=O) groups is 1. The SMILES string of the molecule is CN(C)C1C[C@@H]2CC(N(C)C(=O)c3ccc(CCN)cc3)C[C@@H]2C1. The lowest BCUT2D eigenvalue weighted by molar-refractivity contribution is 0.0726. The molecule has 2 fully saturated rings. The molecule has 0 heterocycles. The van der Waals surface area contributed by atoms with Crippen LogP contribution in [0.25, 0.3) is 0 Å². The molecule has 4 atom stereocenters. The molecule has 3 rings (SSSR count). The summed E-state index contributed by atoms with van der Waals surface area (Å²) in [7, 11) is 6.35. The zero-order valence-electron chi connectivity index (χ0n) is 15.2. The minimum Gasteiger partial charge on any atom is -0.339 e. The van der Waals surface area contributed by atoms with E-state index in [9.17, 15) is 4.79 Å². The van der Waals surface area contributed by atoms with Crippen LogP contribution in [0.5, 0.6) is 0 Å². The minimum absolute atomic E-state index is 0.156. The van der Waals surface area contributed by atoms with E-state index in [4.69, 9.17) is 5.73 Å². The maximum Gasteiger partial charge on any atom is 0.253 e. The number of amides is 1. The summed E-state index contributed by atoms with van der Waals surface area (Å²) in [5.41, 5.74) is 7.57. The molecule has 2 aliphatic carbocycles. The van der Waals surface area contributed by atoms with Crippen molar-refractivity contribution in [1.29, 1.82) is 0 Å². The van der Waals surface area contributed by atoms with Gasteiger partial charge < -0.3 is 15.5 Å². The summed E-state index contributed by atoms with van der Waals surface area (Å²) in [6.45, 7) is 0.645. The predicted molar refractivity (Wildman–Crippen MR) is 98.0 cm³/mol. The van der Waals surface area contributed by atoms with Crippen molar-refractivity contribution in [3.8, 4) is 0 Å². The van der Waals surface area contributed by atoms with Crippen LogP contribution >= 0.6 is 0 Å². The van der Waals surface area contributed by atoms with Crippen molar-refractivity contribution in [3.05, 3.63) is 35.4 Å². The minimum atomic E-state index is 0.156. The van der Waals surface area contributed by atoms with Crippen LogP contribution in [-0.2, 0) is 6.42 Å². The van der Waals surface area contributed by atoms with Gasteiger partial charge in [0.05, 0.1) is 0 Å². The van der Waals surface area contributed by atoms with Gasteiger partial charge in [0.25, 0.3) is 5.91 Å². The Kier molecular flexibility index (Phi) is 5.26. The van der Waals surface area contributed by atoms with Crippen molar-refractivity contribution in [2.75, 3.05) is 27.7 Å². The Bertz CT molecular complexity index is 555. The van der Waals surface area contributed by atoms with Crippen molar-refractivity contribution in [2.24, 2.45) is 17.6 Å². The van der Waals surface area contributed by atoms with Gasteiger partial charge in [-0.1, -0.05) is 12.1 Å². The van der Waals surface area contributed by atoms with Gasteiger partial charge in [0.1, 0.15) is 0 Å². The summed E-state index contributed by atoms with van der Waals surface area (Å²) < 4.78 is 0. The first-order valence-electron chi connectivity index (χ1n) is 9.22. The van der Waals surface area contributed by atoms with Crippen LogP contribution in [-0.4, -0.2) is 55.5 Å². The van der Waals surface area contributed by atoms with Gasteiger partial charge in [0.2, 0.25) is 0 Å². The predicted octanol–water partition coefficient (Wildman–Crippen LogP) is 2.38. The molecule has 0 radical (unpaired) electrons. The van der Waals surface area contributed by atoms with Gasteiger partial charge in [0, 0.05) is 24.7 Å². The van der Waals surface area contributed by atoms with Crippen molar-refractivity contribution in [2.45, 2.75) is 44.2 Å². The highest BCUT2D eigenvalue weighted by atomic mass is 16.2. The lowest BCUT2D eigenvalue weighted by atomic mass is 10.0. The summed E-state index contributed by atoms with van der Waals surface area (Å²) in [6, 6.07) is 9.08. The fourth-order valence-electron chi connectivity index (χ4n) is 4.64. The standard InChI is InChI=1S/C20H31N3O/c1-22(2)18-10-16-12-19(13-17(16)11-18)23(3)20(24)15-6-4-14(5-7-15)8-9-21/h4-7,16-19H,8-13,21H2,1-3H3/t16-,17+,18?,19?. The summed E-state index contributed by atoms with van der Waals surface area (Å²) in [6.07, 6.45) is 5.79. The normalized spacial score (nSPS) is 29.0. The molecular weight excluding hydrogens is 298 g/mol. The molecule has 4 nitrogen and oxygen atoms in total. The first-order valence-corrected chi connectivity index (χ1v) is 9.22. The third-order valence-electron chi connectivity index (χ3n) is 6.20. The Morgan fingerprint density at radius 3 is 2.04 bits per heavy atom. The lowest BCUT2D eigenvalue weighted by Gasteiger charge is -2.27.